The molecule has 2 aromatic carbocycles. The number of esters is 1. The van der Waals surface area contributed by atoms with Crippen LogP contribution in [0.15, 0.2) is 72.8 Å². The van der Waals surface area contributed by atoms with Gasteiger partial charge in [0.1, 0.15) is 6.10 Å². The van der Waals surface area contributed by atoms with Crippen LogP contribution in [0.3, 0.4) is 0 Å². The van der Waals surface area contributed by atoms with Gasteiger partial charge < -0.3 is 9.16 Å². The van der Waals surface area contributed by atoms with Crippen LogP contribution in [0.1, 0.15) is 34.1 Å². The first-order valence-corrected chi connectivity index (χ1v) is 11.4. The van der Waals surface area contributed by atoms with Gasteiger partial charge in [-0.05, 0) is 21.5 Å². The summed E-state index contributed by atoms with van der Waals surface area (Å²) in [4.78, 5) is 11.3. The molecule has 0 heterocycles. The van der Waals surface area contributed by atoms with Crippen LogP contribution >= 0.6 is 0 Å². The summed E-state index contributed by atoms with van der Waals surface area (Å²) in [6, 6.07) is 21.2. The van der Waals surface area contributed by atoms with Gasteiger partial charge in [-0.3, -0.25) is 4.79 Å². The summed E-state index contributed by atoms with van der Waals surface area (Å²) in [7, 11) is -2.58. The van der Waals surface area contributed by atoms with Crippen molar-refractivity contribution in [3.63, 3.8) is 0 Å². The number of carbonyl (C=O) groups excluding carboxylic acids is 1. The molecule has 3 nitrogen and oxygen atoms in total. The maximum Gasteiger partial charge on any atom is 0.303 e. The predicted octanol–water partition coefficient (Wildman–Crippen LogP) is 3.82. The SMILES string of the molecule is CC(=O)O[C@H]1C=C[C@@H](O[Si](c2ccccc2)(c2ccccc2)C(C)(C)C)C1. The van der Waals surface area contributed by atoms with Gasteiger partial charge in [-0.1, -0.05) is 87.5 Å². The topological polar surface area (TPSA) is 35.5 Å². The first-order chi connectivity index (χ1) is 12.8. The molecule has 1 aliphatic carbocycles. The second kappa shape index (κ2) is 7.83. The zero-order chi connectivity index (χ0) is 19.5. The van der Waals surface area contributed by atoms with Gasteiger partial charge >= 0.3 is 5.97 Å². The van der Waals surface area contributed by atoms with E-state index >= 15 is 0 Å². The molecule has 0 amide bonds. The Labute approximate surface area is 163 Å². The highest BCUT2D eigenvalue weighted by atomic mass is 28.4. The summed E-state index contributed by atoms with van der Waals surface area (Å²) in [5, 5.41) is 2.45. The lowest BCUT2D eigenvalue weighted by Crippen LogP contribution is -2.67. The predicted molar refractivity (Wildman–Crippen MR) is 112 cm³/mol. The molecule has 0 aromatic heterocycles. The molecule has 27 heavy (non-hydrogen) atoms. The summed E-state index contributed by atoms with van der Waals surface area (Å²) in [5.74, 6) is -0.254. The molecule has 0 saturated carbocycles. The fourth-order valence-corrected chi connectivity index (χ4v) is 8.58. The summed E-state index contributed by atoms with van der Waals surface area (Å²) in [5.41, 5.74) is 0. The molecule has 3 rings (SSSR count). The van der Waals surface area contributed by atoms with Crippen molar-refractivity contribution in [1.82, 2.24) is 0 Å². The van der Waals surface area contributed by atoms with E-state index < -0.39 is 8.32 Å². The number of hydrogen-bond acceptors (Lipinski definition) is 3. The Bertz CT molecular complexity index is 754. The van der Waals surface area contributed by atoms with Crippen molar-refractivity contribution in [2.24, 2.45) is 0 Å². The minimum absolute atomic E-state index is 0.0664. The average molecular weight is 381 g/mol. The largest absolute Gasteiger partial charge is 0.458 e. The van der Waals surface area contributed by atoms with E-state index in [1.807, 2.05) is 24.3 Å². The second-order valence-electron chi connectivity index (χ2n) is 8.09. The molecule has 0 saturated heterocycles. The molecule has 0 spiro atoms. The Kier molecular flexibility index (Phi) is 5.68. The van der Waals surface area contributed by atoms with Crippen LogP contribution in [0, 0.1) is 0 Å². The molecule has 0 unspecified atom stereocenters. The molecule has 0 bridgehead atoms. The molecule has 0 N–H and O–H groups in total. The normalized spacial score (nSPS) is 19.9. The summed E-state index contributed by atoms with van der Waals surface area (Å²) >= 11 is 0. The van der Waals surface area contributed by atoms with Crippen LogP contribution < -0.4 is 10.4 Å². The van der Waals surface area contributed by atoms with Crippen LogP contribution in [-0.2, 0) is 14.0 Å². The quantitative estimate of drug-likeness (QED) is 0.449. The number of rotatable bonds is 5. The lowest BCUT2D eigenvalue weighted by molar-refractivity contribution is -0.144. The van der Waals surface area contributed by atoms with Gasteiger partial charge in [-0.25, -0.2) is 0 Å². The number of benzene rings is 2. The maximum atomic E-state index is 11.3. The van der Waals surface area contributed by atoms with E-state index in [0.29, 0.717) is 6.42 Å². The highest BCUT2D eigenvalue weighted by molar-refractivity contribution is 6.99. The van der Waals surface area contributed by atoms with Gasteiger partial charge in [-0.2, -0.15) is 0 Å². The van der Waals surface area contributed by atoms with E-state index in [4.69, 9.17) is 9.16 Å². The number of carbonyl (C=O) groups is 1. The monoisotopic (exact) mass is 380 g/mol. The second-order valence-corrected chi connectivity index (χ2v) is 12.3. The fourth-order valence-electron chi connectivity index (χ4n) is 3.94. The molecule has 0 radical (unpaired) electrons. The Balaban J connectivity index is 2.03. The van der Waals surface area contributed by atoms with Gasteiger partial charge in [0.05, 0.1) is 6.10 Å². The van der Waals surface area contributed by atoms with Crippen molar-refractivity contribution in [2.75, 3.05) is 0 Å². The molecule has 0 fully saturated rings. The molecule has 0 aliphatic heterocycles. The Morgan fingerprint density at radius 2 is 1.37 bits per heavy atom. The van der Waals surface area contributed by atoms with Gasteiger partial charge in [0.15, 0.2) is 0 Å². The Morgan fingerprint density at radius 3 is 1.81 bits per heavy atom. The van der Waals surface area contributed by atoms with E-state index in [0.717, 1.165) is 0 Å². The van der Waals surface area contributed by atoms with Gasteiger partial charge in [0, 0.05) is 13.3 Å². The summed E-state index contributed by atoms with van der Waals surface area (Å²) < 4.78 is 12.4. The minimum Gasteiger partial charge on any atom is -0.458 e. The third kappa shape index (κ3) is 4.07. The van der Waals surface area contributed by atoms with Crippen LogP contribution in [0.2, 0.25) is 5.04 Å². The molecule has 4 heteroatoms. The van der Waals surface area contributed by atoms with Crippen molar-refractivity contribution >= 4 is 24.7 Å². The molecule has 2 aromatic rings. The van der Waals surface area contributed by atoms with E-state index in [1.54, 1.807) is 0 Å². The van der Waals surface area contributed by atoms with Crippen molar-refractivity contribution in [3.05, 3.63) is 72.8 Å². The van der Waals surface area contributed by atoms with Gasteiger partial charge in [0.2, 0.25) is 0 Å². The number of hydrogen-bond donors (Lipinski definition) is 0. The van der Waals surface area contributed by atoms with E-state index in [1.165, 1.54) is 17.3 Å². The van der Waals surface area contributed by atoms with Crippen molar-refractivity contribution in [3.8, 4) is 0 Å². The van der Waals surface area contributed by atoms with Crippen molar-refractivity contribution in [2.45, 2.75) is 51.4 Å². The van der Waals surface area contributed by atoms with E-state index in [-0.39, 0.29) is 23.2 Å². The zero-order valence-corrected chi connectivity index (χ0v) is 17.5. The zero-order valence-electron chi connectivity index (χ0n) is 16.5. The minimum atomic E-state index is -2.58. The Morgan fingerprint density at radius 1 is 0.889 bits per heavy atom. The third-order valence-electron chi connectivity index (χ3n) is 5.07. The maximum absolute atomic E-state index is 11.3. The third-order valence-corrected chi connectivity index (χ3v) is 10.1. The van der Waals surface area contributed by atoms with Crippen LogP contribution in [-0.4, -0.2) is 26.5 Å². The summed E-state index contributed by atoms with van der Waals surface area (Å²) in [6.07, 6.45) is 4.40. The standard InChI is InChI=1S/C23H28O3Si/c1-18(24)25-19-15-16-20(17-19)26-27(23(2,3)4,21-11-7-5-8-12-21)22-13-9-6-10-14-22/h5-16,19-20H,17H2,1-4H3/t19-,20+/m0/s1. The van der Waals surface area contributed by atoms with Crippen molar-refractivity contribution in [1.29, 1.82) is 0 Å². The van der Waals surface area contributed by atoms with Crippen LogP contribution in [0.5, 0.6) is 0 Å². The number of ether oxygens (including phenoxy) is 1. The fraction of sp³-hybridized carbons (Fsp3) is 0.348. The average Bonchev–Trinajstić information content (AvgIpc) is 3.06. The van der Waals surface area contributed by atoms with Crippen molar-refractivity contribution < 1.29 is 14.0 Å². The van der Waals surface area contributed by atoms with Gasteiger partial charge in [0.25, 0.3) is 8.32 Å². The van der Waals surface area contributed by atoms with Gasteiger partial charge in [-0.15, -0.1) is 0 Å². The molecule has 142 valence electrons. The Hall–Kier alpha value is -2.17. The molecular formula is C23H28O3Si. The van der Waals surface area contributed by atoms with E-state index in [2.05, 4.69) is 69.3 Å². The first-order valence-electron chi connectivity index (χ1n) is 9.47. The van der Waals surface area contributed by atoms with Crippen LogP contribution in [0.4, 0.5) is 0 Å². The highest BCUT2D eigenvalue weighted by Crippen LogP contribution is 2.38. The van der Waals surface area contributed by atoms with E-state index in [9.17, 15) is 4.79 Å². The molecule has 2 atom stereocenters. The molecule has 1 aliphatic rings. The lowest BCUT2D eigenvalue weighted by Gasteiger charge is -2.44. The first kappa shape index (κ1) is 19.6. The summed E-state index contributed by atoms with van der Waals surface area (Å²) in [6.45, 7) is 8.24. The lowest BCUT2D eigenvalue weighted by atomic mass is 10.2. The molecular weight excluding hydrogens is 352 g/mol. The van der Waals surface area contributed by atoms with Crippen LogP contribution in [0.25, 0.3) is 0 Å². The highest BCUT2D eigenvalue weighted by Gasteiger charge is 2.51. The smallest absolute Gasteiger partial charge is 0.303 e.